The summed E-state index contributed by atoms with van der Waals surface area (Å²) in [5, 5.41) is 2.77. The molecule has 2 atom stereocenters. The molecule has 1 aliphatic rings. The first-order valence-corrected chi connectivity index (χ1v) is 4.26. The first-order valence-electron chi connectivity index (χ1n) is 4.26. The number of nitrogens with two attached hydrogens (primary N) is 1. The van der Waals surface area contributed by atoms with Crippen LogP contribution in [0.5, 0.6) is 0 Å². The molecule has 2 amide bonds. The van der Waals surface area contributed by atoms with Crippen molar-refractivity contribution in [2.75, 3.05) is 0 Å². The summed E-state index contributed by atoms with van der Waals surface area (Å²) in [6, 6.07) is -0.0648. The fourth-order valence-corrected chi connectivity index (χ4v) is 1.71. The standard InChI is InChI=1S/C8H16N2O/c1-6-4-2-3-5-7(6)10-8(9)11/h6-7H,2-5H2,1H3,(H3,9,10,11). The van der Waals surface area contributed by atoms with Crippen molar-refractivity contribution in [1.82, 2.24) is 5.32 Å². The monoisotopic (exact) mass is 156 g/mol. The zero-order valence-electron chi connectivity index (χ0n) is 6.97. The van der Waals surface area contributed by atoms with Crippen LogP contribution in [0, 0.1) is 5.92 Å². The Morgan fingerprint density at radius 3 is 2.64 bits per heavy atom. The number of carbonyl (C=O) groups excluding carboxylic acids is 1. The Bertz CT molecular complexity index is 147. The average molecular weight is 156 g/mol. The lowest BCUT2D eigenvalue weighted by Crippen LogP contribution is -2.43. The van der Waals surface area contributed by atoms with Crippen molar-refractivity contribution in [3.8, 4) is 0 Å². The Balaban J connectivity index is 2.35. The van der Waals surface area contributed by atoms with Gasteiger partial charge in [-0.15, -0.1) is 0 Å². The van der Waals surface area contributed by atoms with E-state index in [0.29, 0.717) is 12.0 Å². The maximum absolute atomic E-state index is 10.5. The Morgan fingerprint density at radius 1 is 1.45 bits per heavy atom. The van der Waals surface area contributed by atoms with E-state index >= 15 is 0 Å². The van der Waals surface area contributed by atoms with Crippen molar-refractivity contribution < 1.29 is 4.79 Å². The molecule has 2 unspecified atom stereocenters. The van der Waals surface area contributed by atoms with Crippen LogP contribution in [0.2, 0.25) is 0 Å². The first kappa shape index (κ1) is 8.37. The lowest BCUT2D eigenvalue weighted by atomic mass is 9.86. The molecule has 0 saturated heterocycles. The highest BCUT2D eigenvalue weighted by Crippen LogP contribution is 2.23. The number of rotatable bonds is 1. The Kier molecular flexibility index (Phi) is 2.74. The minimum absolute atomic E-state index is 0.321. The summed E-state index contributed by atoms with van der Waals surface area (Å²) < 4.78 is 0. The molecule has 1 fully saturated rings. The SMILES string of the molecule is CC1CCCCC1NC(N)=O. The number of urea groups is 1. The van der Waals surface area contributed by atoms with Crippen molar-refractivity contribution in [2.24, 2.45) is 11.7 Å². The number of primary amides is 1. The molecule has 0 radical (unpaired) electrons. The van der Waals surface area contributed by atoms with E-state index in [2.05, 4.69) is 12.2 Å². The maximum Gasteiger partial charge on any atom is 0.312 e. The van der Waals surface area contributed by atoms with Gasteiger partial charge in [-0.2, -0.15) is 0 Å². The van der Waals surface area contributed by atoms with Gasteiger partial charge < -0.3 is 11.1 Å². The van der Waals surface area contributed by atoms with Crippen LogP contribution in [0.1, 0.15) is 32.6 Å². The molecule has 1 aliphatic carbocycles. The van der Waals surface area contributed by atoms with Crippen LogP contribution in [0.25, 0.3) is 0 Å². The summed E-state index contributed by atoms with van der Waals surface area (Å²) in [6.07, 6.45) is 4.81. The fraction of sp³-hybridized carbons (Fsp3) is 0.875. The molecule has 0 heterocycles. The summed E-state index contributed by atoms with van der Waals surface area (Å²) in [5.74, 6) is 0.594. The first-order chi connectivity index (χ1) is 5.20. The summed E-state index contributed by atoms with van der Waals surface area (Å²) in [5.41, 5.74) is 5.04. The van der Waals surface area contributed by atoms with Crippen LogP contribution in [0.15, 0.2) is 0 Å². The van der Waals surface area contributed by atoms with Crippen LogP contribution in [-0.2, 0) is 0 Å². The lowest BCUT2D eigenvalue weighted by molar-refractivity contribution is 0.229. The molecule has 0 aromatic rings. The van der Waals surface area contributed by atoms with E-state index in [1.165, 1.54) is 19.3 Å². The second-order valence-corrected chi connectivity index (χ2v) is 3.38. The third-order valence-electron chi connectivity index (χ3n) is 2.44. The van der Waals surface area contributed by atoms with E-state index < -0.39 is 0 Å². The van der Waals surface area contributed by atoms with Gasteiger partial charge in [0.25, 0.3) is 0 Å². The smallest absolute Gasteiger partial charge is 0.312 e. The van der Waals surface area contributed by atoms with Crippen molar-refractivity contribution >= 4 is 6.03 Å². The van der Waals surface area contributed by atoms with Gasteiger partial charge in [0.2, 0.25) is 0 Å². The minimum atomic E-state index is -0.385. The minimum Gasteiger partial charge on any atom is -0.352 e. The number of carbonyl (C=O) groups is 1. The highest BCUT2D eigenvalue weighted by Gasteiger charge is 2.21. The molecule has 1 rings (SSSR count). The van der Waals surface area contributed by atoms with Gasteiger partial charge >= 0.3 is 6.03 Å². The predicted octanol–water partition coefficient (Wildman–Crippen LogP) is 1.23. The zero-order valence-corrected chi connectivity index (χ0v) is 6.97. The second-order valence-electron chi connectivity index (χ2n) is 3.38. The number of amides is 2. The lowest BCUT2D eigenvalue weighted by Gasteiger charge is -2.28. The molecule has 0 aromatic heterocycles. The molecule has 11 heavy (non-hydrogen) atoms. The van der Waals surface area contributed by atoms with Gasteiger partial charge in [0.1, 0.15) is 0 Å². The summed E-state index contributed by atoms with van der Waals surface area (Å²) in [6.45, 7) is 2.17. The van der Waals surface area contributed by atoms with E-state index in [1.54, 1.807) is 0 Å². The van der Waals surface area contributed by atoms with Crippen molar-refractivity contribution in [3.63, 3.8) is 0 Å². The third kappa shape index (κ3) is 2.41. The molecule has 1 saturated carbocycles. The normalized spacial score (nSPS) is 31.4. The van der Waals surface area contributed by atoms with E-state index in [-0.39, 0.29) is 6.03 Å². The summed E-state index contributed by atoms with van der Waals surface area (Å²) >= 11 is 0. The van der Waals surface area contributed by atoms with E-state index in [0.717, 1.165) is 6.42 Å². The molecule has 64 valence electrons. The van der Waals surface area contributed by atoms with Gasteiger partial charge in [-0.1, -0.05) is 19.8 Å². The maximum atomic E-state index is 10.5. The van der Waals surface area contributed by atoms with Crippen LogP contribution in [0.3, 0.4) is 0 Å². The zero-order chi connectivity index (χ0) is 8.27. The Labute approximate surface area is 67.3 Å². The topological polar surface area (TPSA) is 55.1 Å². The van der Waals surface area contributed by atoms with E-state index in [4.69, 9.17) is 5.73 Å². The Morgan fingerprint density at radius 2 is 2.09 bits per heavy atom. The number of hydrogen-bond donors (Lipinski definition) is 2. The summed E-state index contributed by atoms with van der Waals surface area (Å²) in [4.78, 5) is 10.5. The van der Waals surface area contributed by atoms with Gasteiger partial charge in [0.05, 0.1) is 0 Å². The second kappa shape index (κ2) is 3.60. The number of nitrogens with one attached hydrogen (secondary N) is 1. The van der Waals surface area contributed by atoms with Gasteiger partial charge in [-0.05, 0) is 18.8 Å². The molecule has 0 aromatic carbocycles. The van der Waals surface area contributed by atoms with Crippen LogP contribution in [-0.4, -0.2) is 12.1 Å². The molecule has 3 heteroatoms. The quantitative estimate of drug-likeness (QED) is 0.589. The molecular weight excluding hydrogens is 140 g/mol. The molecule has 3 nitrogen and oxygen atoms in total. The Hall–Kier alpha value is -0.730. The van der Waals surface area contributed by atoms with Crippen molar-refractivity contribution in [1.29, 1.82) is 0 Å². The average Bonchev–Trinajstić information content (AvgIpc) is 1.93. The molecule has 0 aliphatic heterocycles. The van der Waals surface area contributed by atoms with E-state index in [9.17, 15) is 4.79 Å². The van der Waals surface area contributed by atoms with Crippen molar-refractivity contribution in [3.05, 3.63) is 0 Å². The van der Waals surface area contributed by atoms with Crippen molar-refractivity contribution in [2.45, 2.75) is 38.6 Å². The van der Waals surface area contributed by atoms with Crippen LogP contribution >= 0.6 is 0 Å². The molecule has 0 spiro atoms. The van der Waals surface area contributed by atoms with Gasteiger partial charge in [-0.25, -0.2) is 4.79 Å². The molecule has 0 bridgehead atoms. The fourth-order valence-electron chi connectivity index (χ4n) is 1.71. The van der Waals surface area contributed by atoms with Crippen LogP contribution < -0.4 is 11.1 Å². The highest BCUT2D eigenvalue weighted by atomic mass is 16.2. The van der Waals surface area contributed by atoms with Gasteiger partial charge in [-0.3, -0.25) is 0 Å². The predicted molar refractivity (Wildman–Crippen MR) is 44.1 cm³/mol. The summed E-state index contributed by atoms with van der Waals surface area (Å²) in [7, 11) is 0. The molecule has 3 N–H and O–H groups in total. The third-order valence-corrected chi connectivity index (χ3v) is 2.44. The van der Waals surface area contributed by atoms with E-state index in [1.807, 2.05) is 0 Å². The van der Waals surface area contributed by atoms with Gasteiger partial charge in [0.15, 0.2) is 0 Å². The molecular formula is C8H16N2O. The largest absolute Gasteiger partial charge is 0.352 e. The van der Waals surface area contributed by atoms with Crippen LogP contribution in [0.4, 0.5) is 4.79 Å². The van der Waals surface area contributed by atoms with Gasteiger partial charge in [0, 0.05) is 6.04 Å². The number of hydrogen-bond acceptors (Lipinski definition) is 1. The highest BCUT2D eigenvalue weighted by molar-refractivity contribution is 5.71.